The molecule has 0 amide bonds. The van der Waals surface area contributed by atoms with Gasteiger partial charge < -0.3 is 19.1 Å². The van der Waals surface area contributed by atoms with Crippen LogP contribution in [0.3, 0.4) is 0 Å². The molecular weight excluding hydrogens is 418 g/mol. The summed E-state index contributed by atoms with van der Waals surface area (Å²) in [6, 6.07) is 9.15. The molecule has 3 aliphatic rings. The number of fused-ring (bicyclic) bond motifs is 1. The Hall–Kier alpha value is -2.55. The van der Waals surface area contributed by atoms with E-state index in [0.29, 0.717) is 32.4 Å². The summed E-state index contributed by atoms with van der Waals surface area (Å²) in [4.78, 5) is 19.0. The number of hydrogen-bond acceptors (Lipinski definition) is 8. The van der Waals surface area contributed by atoms with Crippen LogP contribution in [-0.4, -0.2) is 86.3 Å². The van der Waals surface area contributed by atoms with Gasteiger partial charge in [-0.3, -0.25) is 9.89 Å². The summed E-state index contributed by atoms with van der Waals surface area (Å²) < 4.78 is 17.0. The van der Waals surface area contributed by atoms with Crippen molar-refractivity contribution in [3.8, 4) is 6.01 Å². The van der Waals surface area contributed by atoms with Gasteiger partial charge in [-0.25, -0.2) is 0 Å². The van der Waals surface area contributed by atoms with Gasteiger partial charge in [0.1, 0.15) is 12.4 Å². The Kier molecular flexibility index (Phi) is 7.14. The zero-order chi connectivity index (χ0) is 22.5. The number of ether oxygens (including phenoxy) is 3. The van der Waals surface area contributed by atoms with Crippen LogP contribution in [-0.2, 0) is 22.4 Å². The molecule has 0 atom stereocenters. The summed E-state index contributed by atoms with van der Waals surface area (Å²) in [6.45, 7) is 10.6. The lowest BCUT2D eigenvalue weighted by Crippen LogP contribution is -2.39. The van der Waals surface area contributed by atoms with Crippen LogP contribution in [0.15, 0.2) is 29.3 Å². The highest BCUT2D eigenvalue weighted by Crippen LogP contribution is 2.25. The molecule has 2 aromatic rings. The first-order valence-electron chi connectivity index (χ1n) is 12.0. The second kappa shape index (κ2) is 10.6. The monoisotopic (exact) mass is 451 g/mol. The highest BCUT2D eigenvalue weighted by Gasteiger charge is 2.19. The fraction of sp³-hybridized carbons (Fsp3) is 0.560. The summed E-state index contributed by atoms with van der Waals surface area (Å²) in [7, 11) is 0. The van der Waals surface area contributed by atoms with E-state index in [1.807, 2.05) is 0 Å². The summed E-state index contributed by atoms with van der Waals surface area (Å²) in [5, 5.41) is 0. The lowest BCUT2D eigenvalue weighted by Gasteiger charge is -2.28. The van der Waals surface area contributed by atoms with Crippen molar-refractivity contribution in [1.29, 1.82) is 0 Å². The first kappa shape index (κ1) is 22.3. The molecule has 0 N–H and O–H groups in total. The van der Waals surface area contributed by atoms with Crippen molar-refractivity contribution in [3.05, 3.63) is 46.6 Å². The Morgan fingerprint density at radius 3 is 2.58 bits per heavy atom. The summed E-state index contributed by atoms with van der Waals surface area (Å²) >= 11 is 0. The van der Waals surface area contributed by atoms with Gasteiger partial charge in [0, 0.05) is 44.5 Å². The molecule has 2 saturated heterocycles. The molecule has 2 aliphatic heterocycles. The Morgan fingerprint density at radius 1 is 0.970 bits per heavy atom. The molecule has 0 radical (unpaired) electrons. The van der Waals surface area contributed by atoms with Crippen molar-refractivity contribution in [2.45, 2.75) is 26.3 Å². The lowest BCUT2D eigenvalue weighted by atomic mass is 10.1. The number of rotatable bonds is 7. The van der Waals surface area contributed by atoms with E-state index in [4.69, 9.17) is 29.2 Å². The third kappa shape index (κ3) is 5.69. The first-order valence-corrected chi connectivity index (χ1v) is 12.0. The van der Waals surface area contributed by atoms with E-state index in [9.17, 15) is 0 Å². The summed E-state index contributed by atoms with van der Waals surface area (Å²) in [6.07, 6.45) is 2.05. The Morgan fingerprint density at radius 2 is 1.76 bits per heavy atom. The van der Waals surface area contributed by atoms with Crippen molar-refractivity contribution in [2.75, 3.05) is 70.7 Å². The Labute approximate surface area is 195 Å². The van der Waals surface area contributed by atoms with Gasteiger partial charge in [0.15, 0.2) is 0 Å². The topological polar surface area (TPSA) is 72.3 Å². The normalized spacial score (nSPS) is 20.3. The SMILES string of the molecule is Cc1ccc2c(c1)C(=NCc1cc(N3CCOCC3)nc(OCCN3CCOCC3)n1)CC2. The second-order valence-electron chi connectivity index (χ2n) is 8.83. The van der Waals surface area contributed by atoms with Gasteiger partial charge in [0.05, 0.1) is 38.7 Å². The molecule has 1 aliphatic carbocycles. The van der Waals surface area contributed by atoms with Gasteiger partial charge in [-0.1, -0.05) is 17.7 Å². The molecule has 0 saturated carbocycles. The highest BCUT2D eigenvalue weighted by atomic mass is 16.5. The maximum absolute atomic E-state index is 6.01. The summed E-state index contributed by atoms with van der Waals surface area (Å²) in [5.74, 6) is 0.896. The fourth-order valence-electron chi connectivity index (χ4n) is 4.56. The Balaban J connectivity index is 1.31. The molecule has 8 heteroatoms. The molecule has 8 nitrogen and oxygen atoms in total. The molecule has 1 aromatic heterocycles. The third-order valence-corrected chi connectivity index (χ3v) is 6.46. The zero-order valence-electron chi connectivity index (χ0n) is 19.5. The van der Waals surface area contributed by atoms with Gasteiger partial charge >= 0.3 is 6.01 Å². The minimum atomic E-state index is 0.435. The number of morpholine rings is 2. The standard InChI is InChI=1S/C25H33N5O3/c1-19-2-3-20-4-5-23(22(20)16-19)26-18-21-17-24(30-9-13-32-14-10-30)28-25(27-21)33-15-8-29-6-11-31-12-7-29/h2-3,16-17H,4-15,18H2,1H3. The Bertz CT molecular complexity index is 984. The lowest BCUT2D eigenvalue weighted by molar-refractivity contribution is 0.0317. The predicted molar refractivity (Wildman–Crippen MR) is 128 cm³/mol. The van der Waals surface area contributed by atoms with Crippen LogP contribution in [0.1, 0.15) is 28.8 Å². The zero-order valence-corrected chi connectivity index (χ0v) is 19.5. The van der Waals surface area contributed by atoms with E-state index in [2.05, 4.69) is 41.0 Å². The molecule has 0 unspecified atom stereocenters. The maximum atomic E-state index is 6.01. The maximum Gasteiger partial charge on any atom is 0.318 e. The smallest absolute Gasteiger partial charge is 0.318 e. The molecule has 3 heterocycles. The van der Waals surface area contributed by atoms with Crippen LogP contribution in [0.4, 0.5) is 5.82 Å². The third-order valence-electron chi connectivity index (χ3n) is 6.46. The van der Waals surface area contributed by atoms with Crippen LogP contribution in [0.5, 0.6) is 6.01 Å². The van der Waals surface area contributed by atoms with Crippen LogP contribution in [0.25, 0.3) is 0 Å². The number of aromatic nitrogens is 2. The van der Waals surface area contributed by atoms with Crippen LogP contribution < -0.4 is 9.64 Å². The number of nitrogens with zero attached hydrogens (tertiary/aromatic N) is 5. The molecule has 0 bridgehead atoms. The average molecular weight is 452 g/mol. The van der Waals surface area contributed by atoms with Gasteiger partial charge in [-0.2, -0.15) is 9.97 Å². The van der Waals surface area contributed by atoms with Crippen LogP contribution in [0, 0.1) is 6.92 Å². The number of anilines is 1. The van der Waals surface area contributed by atoms with E-state index in [0.717, 1.165) is 70.3 Å². The highest BCUT2D eigenvalue weighted by molar-refractivity contribution is 6.04. The summed E-state index contributed by atoms with van der Waals surface area (Å²) in [5.41, 5.74) is 6.02. The van der Waals surface area contributed by atoms with E-state index in [1.54, 1.807) is 0 Å². The quantitative estimate of drug-likeness (QED) is 0.639. The first-order chi connectivity index (χ1) is 16.2. The van der Waals surface area contributed by atoms with E-state index in [1.165, 1.54) is 22.4 Å². The van der Waals surface area contributed by atoms with Crippen LogP contribution in [0.2, 0.25) is 0 Å². The van der Waals surface area contributed by atoms with Gasteiger partial charge in [0.2, 0.25) is 0 Å². The van der Waals surface area contributed by atoms with Gasteiger partial charge in [-0.15, -0.1) is 0 Å². The molecular formula is C25H33N5O3. The number of aryl methyl sites for hydroxylation is 2. The molecule has 5 rings (SSSR count). The second-order valence-corrected chi connectivity index (χ2v) is 8.83. The molecule has 2 fully saturated rings. The average Bonchev–Trinajstić information content (AvgIpc) is 3.26. The molecule has 0 spiro atoms. The fourth-order valence-corrected chi connectivity index (χ4v) is 4.56. The predicted octanol–water partition coefficient (Wildman–Crippen LogP) is 2.27. The van der Waals surface area contributed by atoms with Crippen molar-refractivity contribution in [3.63, 3.8) is 0 Å². The van der Waals surface area contributed by atoms with Crippen molar-refractivity contribution < 1.29 is 14.2 Å². The number of benzene rings is 1. The van der Waals surface area contributed by atoms with E-state index in [-0.39, 0.29) is 0 Å². The largest absolute Gasteiger partial charge is 0.462 e. The minimum absolute atomic E-state index is 0.435. The number of hydrogen-bond donors (Lipinski definition) is 0. The van der Waals surface area contributed by atoms with Crippen molar-refractivity contribution >= 4 is 11.5 Å². The van der Waals surface area contributed by atoms with Gasteiger partial charge in [0.25, 0.3) is 0 Å². The minimum Gasteiger partial charge on any atom is -0.462 e. The van der Waals surface area contributed by atoms with Crippen LogP contribution >= 0.6 is 0 Å². The van der Waals surface area contributed by atoms with Crippen molar-refractivity contribution in [2.24, 2.45) is 4.99 Å². The van der Waals surface area contributed by atoms with E-state index >= 15 is 0 Å². The van der Waals surface area contributed by atoms with Gasteiger partial charge in [-0.05, 0) is 37.0 Å². The molecule has 33 heavy (non-hydrogen) atoms. The van der Waals surface area contributed by atoms with Crippen molar-refractivity contribution in [1.82, 2.24) is 14.9 Å². The molecule has 176 valence electrons. The molecule has 1 aromatic carbocycles. The van der Waals surface area contributed by atoms with E-state index < -0.39 is 0 Å². The number of aliphatic imine (C=N–C) groups is 1.